The van der Waals surface area contributed by atoms with Gasteiger partial charge in [0, 0.05) is 53.3 Å². The fourth-order valence-corrected chi connectivity index (χ4v) is 9.22. The van der Waals surface area contributed by atoms with Gasteiger partial charge in [-0.2, -0.15) is 0 Å². The molecule has 0 unspecified atom stereocenters. The van der Waals surface area contributed by atoms with Crippen LogP contribution in [0.2, 0.25) is 0 Å². The van der Waals surface area contributed by atoms with Crippen molar-refractivity contribution >= 4 is 53.3 Å². The van der Waals surface area contributed by atoms with Gasteiger partial charge >= 0.3 is 0 Å². The molecule has 0 aliphatic rings. The number of aromatic nitrogens is 4. The Bertz CT molecular complexity index is 3170. The molecule has 262 valence electrons. The minimum Gasteiger partial charge on any atom is -0.309 e. The highest BCUT2D eigenvalue weighted by Gasteiger charge is 2.20. The van der Waals surface area contributed by atoms with Crippen LogP contribution in [0.25, 0.3) is 104 Å². The number of fused-ring (bicyclic) bond motifs is 7. The van der Waals surface area contributed by atoms with Crippen molar-refractivity contribution in [3.8, 4) is 62.1 Å². The van der Waals surface area contributed by atoms with Crippen molar-refractivity contribution in [1.29, 1.82) is 0 Å². The lowest BCUT2D eigenvalue weighted by atomic mass is 9.93. The smallest absolute Gasteiger partial charge is 0.164 e. The number of thiophene rings is 1. The molecule has 4 nitrogen and oxygen atoms in total. The number of benzene rings is 8. The van der Waals surface area contributed by atoms with E-state index in [2.05, 4.69) is 162 Å². The highest BCUT2D eigenvalue weighted by molar-refractivity contribution is 7.26. The molecule has 0 spiro atoms. The SMILES string of the molecule is c1ccc(-c2ccc(-c3ccc4c(c3)sc3ccc5c(c6ccccc6n5-c5ccccc5)c34)c(-c3nc(-c4ccccc4)nc(-c4ccccc4)n3)c2)cc1. The van der Waals surface area contributed by atoms with Crippen LogP contribution in [0.1, 0.15) is 0 Å². The summed E-state index contributed by atoms with van der Waals surface area (Å²) < 4.78 is 4.91. The quantitative estimate of drug-likeness (QED) is 0.171. The van der Waals surface area contributed by atoms with Crippen LogP contribution in [-0.4, -0.2) is 19.5 Å². The molecule has 0 saturated carbocycles. The Kier molecular flexibility index (Phi) is 7.64. The van der Waals surface area contributed by atoms with E-state index in [1.54, 1.807) is 0 Å². The minimum absolute atomic E-state index is 0.636. The molecule has 11 aromatic rings. The molecule has 0 N–H and O–H groups in total. The zero-order valence-corrected chi connectivity index (χ0v) is 31.0. The summed E-state index contributed by atoms with van der Waals surface area (Å²) in [5, 5.41) is 5.12. The predicted octanol–water partition coefficient (Wildman–Crippen LogP) is 13.7. The van der Waals surface area contributed by atoms with Crippen LogP contribution in [-0.2, 0) is 0 Å². The van der Waals surface area contributed by atoms with Crippen LogP contribution in [0.3, 0.4) is 0 Å². The normalized spacial score (nSPS) is 11.6. The van der Waals surface area contributed by atoms with E-state index in [0.717, 1.165) is 44.6 Å². The maximum Gasteiger partial charge on any atom is 0.164 e. The molecule has 3 heterocycles. The fourth-order valence-electron chi connectivity index (χ4n) is 8.07. The van der Waals surface area contributed by atoms with Gasteiger partial charge in [0.1, 0.15) is 0 Å². The second kappa shape index (κ2) is 13.3. The molecule has 0 aliphatic carbocycles. The molecule has 0 atom stereocenters. The van der Waals surface area contributed by atoms with Crippen molar-refractivity contribution in [1.82, 2.24) is 19.5 Å². The third kappa shape index (κ3) is 5.40. The van der Waals surface area contributed by atoms with E-state index >= 15 is 0 Å². The number of hydrogen-bond donors (Lipinski definition) is 0. The molecule has 8 aromatic carbocycles. The largest absolute Gasteiger partial charge is 0.309 e. The minimum atomic E-state index is 0.636. The van der Waals surface area contributed by atoms with Gasteiger partial charge in [-0.15, -0.1) is 11.3 Å². The van der Waals surface area contributed by atoms with E-state index in [1.807, 2.05) is 47.7 Å². The Hall–Kier alpha value is -7.21. The average molecular weight is 733 g/mol. The van der Waals surface area contributed by atoms with Gasteiger partial charge in [-0.3, -0.25) is 0 Å². The van der Waals surface area contributed by atoms with Crippen LogP contribution >= 0.6 is 11.3 Å². The molecule has 0 saturated heterocycles. The van der Waals surface area contributed by atoms with Crippen molar-refractivity contribution in [3.63, 3.8) is 0 Å². The second-order valence-electron chi connectivity index (χ2n) is 14.0. The summed E-state index contributed by atoms with van der Waals surface area (Å²) in [7, 11) is 0. The van der Waals surface area contributed by atoms with Crippen molar-refractivity contribution in [2.45, 2.75) is 0 Å². The molecule has 0 bridgehead atoms. The van der Waals surface area contributed by atoms with Crippen molar-refractivity contribution in [3.05, 3.63) is 194 Å². The first kappa shape index (κ1) is 32.2. The average Bonchev–Trinajstić information content (AvgIpc) is 3.82. The molecular formula is C51H32N4S. The highest BCUT2D eigenvalue weighted by Crippen LogP contribution is 2.45. The van der Waals surface area contributed by atoms with Gasteiger partial charge in [-0.25, -0.2) is 15.0 Å². The summed E-state index contributed by atoms with van der Waals surface area (Å²) in [6.45, 7) is 0. The summed E-state index contributed by atoms with van der Waals surface area (Å²) in [5.74, 6) is 1.92. The predicted molar refractivity (Wildman–Crippen MR) is 234 cm³/mol. The van der Waals surface area contributed by atoms with Crippen molar-refractivity contribution in [2.24, 2.45) is 0 Å². The molecule has 0 aliphatic heterocycles. The van der Waals surface area contributed by atoms with E-state index in [0.29, 0.717) is 17.5 Å². The lowest BCUT2D eigenvalue weighted by molar-refractivity contribution is 1.07. The number of para-hydroxylation sites is 2. The van der Waals surface area contributed by atoms with Crippen LogP contribution in [0.5, 0.6) is 0 Å². The van der Waals surface area contributed by atoms with Crippen LogP contribution < -0.4 is 0 Å². The van der Waals surface area contributed by atoms with E-state index in [4.69, 9.17) is 15.0 Å². The molecule has 5 heteroatoms. The lowest BCUT2D eigenvalue weighted by Crippen LogP contribution is -2.01. The first-order chi connectivity index (χ1) is 27.8. The molecule has 0 fully saturated rings. The summed E-state index contributed by atoms with van der Waals surface area (Å²) in [5.41, 5.74) is 10.9. The Morgan fingerprint density at radius 1 is 0.339 bits per heavy atom. The Morgan fingerprint density at radius 2 is 0.929 bits per heavy atom. The maximum absolute atomic E-state index is 5.19. The summed E-state index contributed by atoms with van der Waals surface area (Å²) in [4.78, 5) is 15.4. The lowest BCUT2D eigenvalue weighted by Gasteiger charge is -2.14. The number of hydrogen-bond acceptors (Lipinski definition) is 4. The standard InChI is InChI=1S/C51H32N4S/c1-5-15-33(16-6-1)36-25-27-39(42(31-36)51-53-49(34-17-7-2-8-18-34)52-50(54-51)35-19-9-3-10-20-35)37-26-28-41-46(32-37)56-45-30-29-44-47(48(41)45)40-23-13-14-24-43(40)55(44)38-21-11-4-12-22-38/h1-32H. The zero-order valence-electron chi connectivity index (χ0n) is 30.2. The topological polar surface area (TPSA) is 43.6 Å². The zero-order chi connectivity index (χ0) is 37.0. The Morgan fingerprint density at radius 3 is 1.62 bits per heavy atom. The van der Waals surface area contributed by atoms with Gasteiger partial charge in [0.25, 0.3) is 0 Å². The van der Waals surface area contributed by atoms with Gasteiger partial charge in [-0.05, 0) is 64.7 Å². The summed E-state index contributed by atoms with van der Waals surface area (Å²) in [6, 6.07) is 68.5. The van der Waals surface area contributed by atoms with Crippen LogP contribution in [0.4, 0.5) is 0 Å². The van der Waals surface area contributed by atoms with E-state index in [-0.39, 0.29) is 0 Å². The molecule has 56 heavy (non-hydrogen) atoms. The first-order valence-electron chi connectivity index (χ1n) is 18.8. The number of nitrogens with zero attached hydrogens (tertiary/aromatic N) is 4. The fraction of sp³-hybridized carbons (Fsp3) is 0. The summed E-state index contributed by atoms with van der Waals surface area (Å²) in [6.07, 6.45) is 0. The van der Waals surface area contributed by atoms with Crippen molar-refractivity contribution in [2.75, 3.05) is 0 Å². The Labute approximate surface area is 327 Å². The second-order valence-corrected chi connectivity index (χ2v) is 15.1. The molecule has 0 radical (unpaired) electrons. The maximum atomic E-state index is 5.19. The molecular weight excluding hydrogens is 701 g/mol. The molecule has 0 amide bonds. The highest BCUT2D eigenvalue weighted by atomic mass is 32.1. The van der Waals surface area contributed by atoms with Gasteiger partial charge in [-0.1, -0.05) is 152 Å². The van der Waals surface area contributed by atoms with Crippen LogP contribution in [0.15, 0.2) is 194 Å². The molecule has 3 aromatic heterocycles. The van der Waals surface area contributed by atoms with Crippen LogP contribution in [0, 0.1) is 0 Å². The third-order valence-electron chi connectivity index (χ3n) is 10.7. The van der Waals surface area contributed by atoms with Gasteiger partial charge < -0.3 is 4.57 Å². The molecule has 11 rings (SSSR count). The van der Waals surface area contributed by atoms with Gasteiger partial charge in [0.05, 0.1) is 11.0 Å². The summed E-state index contributed by atoms with van der Waals surface area (Å²) >= 11 is 1.85. The monoisotopic (exact) mass is 732 g/mol. The Balaban J connectivity index is 1.14. The van der Waals surface area contributed by atoms with E-state index < -0.39 is 0 Å². The van der Waals surface area contributed by atoms with E-state index in [9.17, 15) is 0 Å². The number of rotatable bonds is 6. The third-order valence-corrected chi connectivity index (χ3v) is 11.8. The van der Waals surface area contributed by atoms with E-state index in [1.165, 1.54) is 42.0 Å². The van der Waals surface area contributed by atoms with Crippen molar-refractivity contribution < 1.29 is 0 Å². The van der Waals surface area contributed by atoms with Gasteiger partial charge in [0.15, 0.2) is 17.5 Å². The first-order valence-corrected chi connectivity index (χ1v) is 19.6. The van der Waals surface area contributed by atoms with Gasteiger partial charge in [0.2, 0.25) is 0 Å².